The molecule has 0 spiro atoms. The lowest BCUT2D eigenvalue weighted by Crippen LogP contribution is -2.39. The summed E-state index contributed by atoms with van der Waals surface area (Å²) in [7, 11) is 0. The molecule has 2 heterocycles. The topological polar surface area (TPSA) is 49.5 Å². The summed E-state index contributed by atoms with van der Waals surface area (Å²) >= 11 is 0. The molecule has 1 N–H and O–H groups in total. The maximum Gasteiger partial charge on any atom is 0.229 e. The van der Waals surface area contributed by atoms with E-state index in [0.717, 1.165) is 30.8 Å². The summed E-state index contributed by atoms with van der Waals surface area (Å²) in [6.07, 6.45) is 4.27. The van der Waals surface area contributed by atoms with Crippen molar-refractivity contribution in [1.82, 2.24) is 9.88 Å². The van der Waals surface area contributed by atoms with Gasteiger partial charge in [0, 0.05) is 19.2 Å². The van der Waals surface area contributed by atoms with Gasteiger partial charge in [-0.05, 0) is 44.9 Å². The second-order valence-electron chi connectivity index (χ2n) is 6.13. The zero-order valence-electron chi connectivity index (χ0n) is 13.5. The van der Waals surface area contributed by atoms with Crippen LogP contribution < -0.4 is 0 Å². The molecular formula is C18H23FN2O2. The minimum Gasteiger partial charge on any atom is -0.441 e. The van der Waals surface area contributed by atoms with Crippen LogP contribution in [-0.4, -0.2) is 34.2 Å². The van der Waals surface area contributed by atoms with Crippen LogP contribution in [0.3, 0.4) is 0 Å². The minimum absolute atomic E-state index is 0.208. The monoisotopic (exact) mass is 318 g/mol. The number of rotatable bonds is 5. The molecule has 1 saturated heterocycles. The van der Waals surface area contributed by atoms with Crippen molar-refractivity contribution in [3.8, 4) is 11.5 Å². The highest BCUT2D eigenvalue weighted by Crippen LogP contribution is 2.27. The summed E-state index contributed by atoms with van der Waals surface area (Å²) in [5.41, 5.74) is 1.25. The number of hydrogen-bond acceptors (Lipinski definition) is 4. The molecule has 0 radical (unpaired) electrons. The predicted octanol–water partition coefficient (Wildman–Crippen LogP) is 3.53. The number of aryl methyl sites for hydroxylation is 1. The third-order valence-corrected chi connectivity index (χ3v) is 4.56. The van der Waals surface area contributed by atoms with Crippen molar-refractivity contribution in [3.05, 3.63) is 41.5 Å². The average molecular weight is 318 g/mol. The van der Waals surface area contributed by atoms with Gasteiger partial charge in [-0.3, -0.25) is 4.90 Å². The maximum absolute atomic E-state index is 13.9. The molecule has 4 nitrogen and oxygen atoms in total. The van der Waals surface area contributed by atoms with Crippen LogP contribution >= 0.6 is 0 Å². The zero-order chi connectivity index (χ0) is 16.2. The van der Waals surface area contributed by atoms with Crippen molar-refractivity contribution in [2.75, 3.05) is 13.2 Å². The van der Waals surface area contributed by atoms with E-state index in [0.29, 0.717) is 24.0 Å². The predicted molar refractivity (Wildman–Crippen MR) is 86.4 cm³/mol. The summed E-state index contributed by atoms with van der Waals surface area (Å²) in [5.74, 6) is 0.749. The highest BCUT2D eigenvalue weighted by molar-refractivity contribution is 5.54. The molecule has 0 aliphatic carbocycles. The van der Waals surface area contributed by atoms with E-state index in [1.807, 2.05) is 6.92 Å². The Balaban J connectivity index is 1.80. The minimum atomic E-state index is -0.323. The van der Waals surface area contributed by atoms with Crippen LogP contribution in [0.2, 0.25) is 0 Å². The number of nitrogens with zero attached hydrogens (tertiary/aromatic N) is 2. The average Bonchev–Trinajstić information content (AvgIpc) is 2.91. The van der Waals surface area contributed by atoms with Crippen LogP contribution in [0.5, 0.6) is 0 Å². The number of piperidine rings is 1. The first-order valence-electron chi connectivity index (χ1n) is 8.25. The molecule has 1 aliphatic rings. The number of oxazole rings is 1. The number of halogens is 1. The Hall–Kier alpha value is -1.72. The van der Waals surface area contributed by atoms with Gasteiger partial charge >= 0.3 is 0 Å². The number of likely N-dealkylation sites (tertiary alicyclic amines) is 1. The first kappa shape index (κ1) is 16.1. The van der Waals surface area contributed by atoms with Gasteiger partial charge < -0.3 is 9.52 Å². The molecule has 0 bridgehead atoms. The molecule has 23 heavy (non-hydrogen) atoms. The molecule has 0 unspecified atom stereocenters. The molecule has 3 rings (SSSR count). The van der Waals surface area contributed by atoms with Crippen LogP contribution in [0, 0.1) is 12.7 Å². The first-order chi connectivity index (χ1) is 11.2. The van der Waals surface area contributed by atoms with Gasteiger partial charge in [-0.25, -0.2) is 9.37 Å². The molecule has 5 heteroatoms. The number of benzene rings is 1. The van der Waals surface area contributed by atoms with E-state index in [1.165, 1.54) is 18.9 Å². The summed E-state index contributed by atoms with van der Waals surface area (Å²) in [4.78, 5) is 6.88. The zero-order valence-corrected chi connectivity index (χ0v) is 13.5. The van der Waals surface area contributed by atoms with Crippen LogP contribution in [0.25, 0.3) is 11.5 Å². The van der Waals surface area contributed by atoms with E-state index in [1.54, 1.807) is 18.2 Å². The van der Waals surface area contributed by atoms with E-state index in [2.05, 4.69) is 9.88 Å². The summed E-state index contributed by atoms with van der Waals surface area (Å²) in [5, 5.41) is 9.24. The van der Waals surface area contributed by atoms with Gasteiger partial charge in [0.25, 0.3) is 0 Å². The Morgan fingerprint density at radius 3 is 2.96 bits per heavy atom. The van der Waals surface area contributed by atoms with Gasteiger partial charge in [-0.15, -0.1) is 0 Å². The molecular weight excluding hydrogens is 295 g/mol. The molecule has 2 aromatic rings. The summed E-state index contributed by atoms with van der Waals surface area (Å²) in [6.45, 7) is 3.78. The number of aliphatic hydroxyl groups excluding tert-OH is 1. The molecule has 0 saturated carbocycles. The molecule has 1 aliphatic heterocycles. The molecule has 1 aromatic carbocycles. The van der Waals surface area contributed by atoms with E-state index < -0.39 is 0 Å². The van der Waals surface area contributed by atoms with Gasteiger partial charge in [-0.1, -0.05) is 18.6 Å². The van der Waals surface area contributed by atoms with E-state index >= 15 is 0 Å². The lowest BCUT2D eigenvalue weighted by atomic mass is 9.99. The second kappa shape index (κ2) is 7.23. The Kier molecular flexibility index (Phi) is 5.08. The third kappa shape index (κ3) is 3.62. The van der Waals surface area contributed by atoms with Crippen LogP contribution in [-0.2, 0) is 6.54 Å². The molecule has 124 valence electrons. The van der Waals surface area contributed by atoms with Crippen LogP contribution in [0.4, 0.5) is 4.39 Å². The van der Waals surface area contributed by atoms with Gasteiger partial charge in [0.1, 0.15) is 11.6 Å². The standard InChI is InChI=1S/C18H23FN2O2/c1-13-17(12-21-10-5-4-6-14(21)9-11-22)20-18(23-13)15-7-2-3-8-16(15)19/h2-3,7-8,14,22H,4-6,9-12H2,1H3/t14-/m0/s1. The molecule has 1 aromatic heterocycles. The smallest absolute Gasteiger partial charge is 0.229 e. The third-order valence-electron chi connectivity index (χ3n) is 4.56. The van der Waals surface area contributed by atoms with Gasteiger partial charge in [0.15, 0.2) is 0 Å². The molecule has 1 fully saturated rings. The van der Waals surface area contributed by atoms with Crippen molar-refractivity contribution in [2.24, 2.45) is 0 Å². The fourth-order valence-electron chi connectivity index (χ4n) is 3.26. The van der Waals surface area contributed by atoms with Crippen LogP contribution in [0.15, 0.2) is 28.7 Å². The van der Waals surface area contributed by atoms with Crippen LogP contribution in [0.1, 0.15) is 37.1 Å². The van der Waals surface area contributed by atoms with E-state index in [-0.39, 0.29) is 12.4 Å². The fourth-order valence-corrected chi connectivity index (χ4v) is 3.26. The van der Waals surface area contributed by atoms with Gasteiger partial charge in [0.05, 0.1) is 11.3 Å². The van der Waals surface area contributed by atoms with Crippen molar-refractivity contribution >= 4 is 0 Å². The SMILES string of the molecule is Cc1oc(-c2ccccc2F)nc1CN1CCCC[C@H]1CCO. The Bertz CT molecular complexity index is 654. The Morgan fingerprint density at radius 2 is 2.17 bits per heavy atom. The summed E-state index contributed by atoms with van der Waals surface area (Å²) in [6, 6.07) is 6.92. The normalized spacial score (nSPS) is 19.2. The van der Waals surface area contributed by atoms with Crippen molar-refractivity contribution in [1.29, 1.82) is 0 Å². The number of hydrogen-bond donors (Lipinski definition) is 1. The quantitative estimate of drug-likeness (QED) is 0.916. The van der Waals surface area contributed by atoms with Gasteiger partial charge in [0.2, 0.25) is 5.89 Å². The van der Waals surface area contributed by atoms with Crippen molar-refractivity contribution in [3.63, 3.8) is 0 Å². The number of aliphatic hydroxyl groups is 1. The number of aromatic nitrogens is 1. The second-order valence-corrected chi connectivity index (χ2v) is 6.13. The fraction of sp³-hybridized carbons (Fsp3) is 0.500. The van der Waals surface area contributed by atoms with Gasteiger partial charge in [-0.2, -0.15) is 0 Å². The van der Waals surface area contributed by atoms with Crippen molar-refractivity contribution in [2.45, 2.75) is 45.2 Å². The summed E-state index contributed by atoms with van der Waals surface area (Å²) < 4.78 is 19.6. The largest absolute Gasteiger partial charge is 0.441 e. The first-order valence-corrected chi connectivity index (χ1v) is 8.25. The van der Waals surface area contributed by atoms with Crippen molar-refractivity contribution < 1.29 is 13.9 Å². The Labute approximate surface area is 136 Å². The lowest BCUT2D eigenvalue weighted by molar-refractivity contribution is 0.111. The highest BCUT2D eigenvalue weighted by Gasteiger charge is 2.24. The van der Waals surface area contributed by atoms with E-state index in [9.17, 15) is 9.50 Å². The Morgan fingerprint density at radius 1 is 1.35 bits per heavy atom. The highest BCUT2D eigenvalue weighted by atomic mass is 19.1. The maximum atomic E-state index is 13.9. The van der Waals surface area contributed by atoms with E-state index in [4.69, 9.17) is 4.42 Å². The lowest BCUT2D eigenvalue weighted by Gasteiger charge is -2.35. The molecule has 0 amide bonds. The molecule has 1 atom stereocenters.